The van der Waals surface area contributed by atoms with Gasteiger partial charge in [0.1, 0.15) is 11.1 Å². The second-order valence-electron chi connectivity index (χ2n) is 7.16. The molecule has 0 spiro atoms. The number of hydrogen-bond donors (Lipinski definition) is 1. The van der Waals surface area contributed by atoms with Gasteiger partial charge in [-0.15, -0.1) is 11.3 Å². The van der Waals surface area contributed by atoms with Crippen molar-refractivity contribution in [2.45, 2.75) is 6.23 Å². The molecule has 0 unspecified atom stereocenters. The van der Waals surface area contributed by atoms with E-state index in [1.165, 1.54) is 49.8 Å². The monoisotopic (exact) mass is 481 g/mol. The lowest BCUT2D eigenvalue weighted by molar-refractivity contribution is -0.384. The summed E-state index contributed by atoms with van der Waals surface area (Å²) in [5, 5.41) is 16.5. The molecule has 1 aliphatic rings. The maximum Gasteiger partial charge on any atom is 0.345 e. The summed E-state index contributed by atoms with van der Waals surface area (Å²) >= 11 is 1.19. The largest absolute Gasteiger partial charge is 0.493 e. The summed E-state index contributed by atoms with van der Waals surface area (Å²) in [7, 11) is 2.90. The van der Waals surface area contributed by atoms with Gasteiger partial charge in [0.15, 0.2) is 16.6 Å². The number of nitro groups is 1. The first-order valence-corrected chi connectivity index (χ1v) is 10.7. The minimum Gasteiger partial charge on any atom is -0.493 e. The molecule has 34 heavy (non-hydrogen) atoms. The first kappa shape index (κ1) is 21.4. The van der Waals surface area contributed by atoms with Crippen LogP contribution in [0.5, 0.6) is 11.5 Å². The molecule has 0 bridgehead atoms. The number of benzene rings is 2. The predicted molar refractivity (Wildman–Crippen MR) is 122 cm³/mol. The van der Waals surface area contributed by atoms with E-state index in [4.69, 9.17) is 18.6 Å². The van der Waals surface area contributed by atoms with Crippen LogP contribution in [0.15, 0.2) is 51.0 Å². The van der Waals surface area contributed by atoms with Crippen LogP contribution in [0.4, 0.5) is 10.8 Å². The standard InChI is InChI=1S/C22H15N3O8S/c1-30-16-6-4-12-17(18(16)31-2)21(27)33-19(12)24-22-23-14(9-34-22)13-8-10-7-11(25(28)29)3-5-15(10)32-20(13)26/h3-9,19H,1-2H3,(H,23,24)/t19-/m1/s1. The number of non-ortho nitro benzene ring substituents is 1. The fraction of sp³-hybridized carbons (Fsp3) is 0.136. The van der Waals surface area contributed by atoms with Crippen molar-refractivity contribution >= 4 is 39.1 Å². The highest BCUT2D eigenvalue weighted by Gasteiger charge is 2.36. The van der Waals surface area contributed by atoms with Crippen molar-refractivity contribution < 1.29 is 28.3 Å². The van der Waals surface area contributed by atoms with Gasteiger partial charge in [-0.05, 0) is 24.3 Å². The van der Waals surface area contributed by atoms with E-state index < -0.39 is 22.7 Å². The van der Waals surface area contributed by atoms with Crippen LogP contribution in [-0.4, -0.2) is 30.1 Å². The maximum atomic E-state index is 12.5. The van der Waals surface area contributed by atoms with E-state index in [1.807, 2.05) is 0 Å². The Morgan fingerprint density at radius 3 is 2.71 bits per heavy atom. The summed E-state index contributed by atoms with van der Waals surface area (Å²) < 4.78 is 21.3. The molecule has 0 fully saturated rings. The number of nitrogens with zero attached hydrogens (tertiary/aromatic N) is 2. The summed E-state index contributed by atoms with van der Waals surface area (Å²) in [6, 6.07) is 8.82. The molecule has 1 aliphatic heterocycles. The number of thiazole rings is 1. The Morgan fingerprint density at radius 1 is 1.15 bits per heavy atom. The normalized spacial score (nSPS) is 14.5. The molecule has 4 aromatic rings. The number of aromatic nitrogens is 1. The topological polar surface area (TPSA) is 143 Å². The number of hydrogen-bond acceptors (Lipinski definition) is 11. The van der Waals surface area contributed by atoms with Gasteiger partial charge in [-0.2, -0.15) is 0 Å². The van der Waals surface area contributed by atoms with Gasteiger partial charge in [-0.3, -0.25) is 10.1 Å². The van der Waals surface area contributed by atoms with E-state index in [9.17, 15) is 19.7 Å². The van der Waals surface area contributed by atoms with Crippen LogP contribution in [0.25, 0.3) is 22.2 Å². The molecule has 0 saturated carbocycles. The van der Waals surface area contributed by atoms with Gasteiger partial charge >= 0.3 is 11.6 Å². The first-order valence-electron chi connectivity index (χ1n) is 9.80. The zero-order chi connectivity index (χ0) is 24.0. The molecule has 172 valence electrons. The Bertz CT molecular complexity index is 1530. The van der Waals surface area contributed by atoms with Crippen LogP contribution in [0.3, 0.4) is 0 Å². The Kier molecular flexibility index (Phi) is 5.13. The smallest absolute Gasteiger partial charge is 0.345 e. The molecular weight excluding hydrogens is 466 g/mol. The number of cyclic esters (lactones) is 1. The lowest BCUT2D eigenvalue weighted by Crippen LogP contribution is -2.10. The van der Waals surface area contributed by atoms with Crippen molar-refractivity contribution in [3.63, 3.8) is 0 Å². The Labute approximate surface area is 194 Å². The Balaban J connectivity index is 1.47. The average Bonchev–Trinajstić information content (AvgIpc) is 3.42. The molecule has 0 amide bonds. The van der Waals surface area contributed by atoms with E-state index >= 15 is 0 Å². The van der Waals surface area contributed by atoms with Gasteiger partial charge < -0.3 is 23.9 Å². The number of methoxy groups -OCH3 is 2. The summed E-state index contributed by atoms with van der Waals surface area (Å²) in [5.41, 5.74) is 0.741. The van der Waals surface area contributed by atoms with Crippen LogP contribution >= 0.6 is 11.3 Å². The number of esters is 1. The van der Waals surface area contributed by atoms with Gasteiger partial charge in [0.05, 0.1) is 30.4 Å². The van der Waals surface area contributed by atoms with E-state index in [1.54, 1.807) is 17.5 Å². The predicted octanol–water partition coefficient (Wildman–Crippen LogP) is 4.12. The van der Waals surface area contributed by atoms with Crippen LogP contribution < -0.4 is 20.4 Å². The number of nitrogens with one attached hydrogen (secondary N) is 1. The van der Waals surface area contributed by atoms with E-state index in [0.29, 0.717) is 27.5 Å². The van der Waals surface area contributed by atoms with E-state index in [-0.39, 0.29) is 28.1 Å². The van der Waals surface area contributed by atoms with Crippen molar-refractivity contribution in [3.8, 4) is 22.8 Å². The number of carbonyl (C=O) groups excluding carboxylic acids is 1. The van der Waals surface area contributed by atoms with E-state index in [2.05, 4.69) is 10.3 Å². The fourth-order valence-corrected chi connectivity index (χ4v) is 4.42. The minimum absolute atomic E-state index is 0.123. The van der Waals surface area contributed by atoms with Crippen LogP contribution in [0.2, 0.25) is 0 Å². The number of ether oxygens (including phenoxy) is 3. The molecule has 0 aliphatic carbocycles. The van der Waals surface area contributed by atoms with Gasteiger partial charge in [-0.25, -0.2) is 14.6 Å². The molecule has 1 N–H and O–H groups in total. The van der Waals surface area contributed by atoms with Crippen LogP contribution in [-0.2, 0) is 4.74 Å². The van der Waals surface area contributed by atoms with Crippen molar-refractivity contribution in [1.82, 2.24) is 4.98 Å². The molecule has 2 aromatic carbocycles. The molecule has 11 nitrogen and oxygen atoms in total. The van der Waals surface area contributed by atoms with Crippen molar-refractivity contribution in [3.05, 3.63) is 73.4 Å². The van der Waals surface area contributed by atoms with Gasteiger partial charge in [-0.1, -0.05) is 0 Å². The summed E-state index contributed by atoms with van der Waals surface area (Å²) in [4.78, 5) is 39.9. The molecule has 0 radical (unpaired) electrons. The first-order chi connectivity index (χ1) is 16.4. The lowest BCUT2D eigenvalue weighted by atomic mass is 10.1. The summed E-state index contributed by atoms with van der Waals surface area (Å²) in [6.45, 7) is 0. The molecule has 3 heterocycles. The molecular formula is C22H15N3O8S. The Morgan fingerprint density at radius 2 is 1.97 bits per heavy atom. The van der Waals surface area contributed by atoms with Gasteiger partial charge in [0, 0.05) is 28.5 Å². The SMILES string of the molecule is COc1ccc2c(c1OC)C(=O)O[C@H]2Nc1nc(-c2cc3cc([N+](=O)[O-])ccc3oc2=O)cs1. The Hall–Kier alpha value is -4.45. The number of anilines is 1. The van der Waals surface area contributed by atoms with Crippen LogP contribution in [0, 0.1) is 10.1 Å². The van der Waals surface area contributed by atoms with Gasteiger partial charge in [0.25, 0.3) is 5.69 Å². The second kappa shape index (κ2) is 8.15. The van der Waals surface area contributed by atoms with E-state index in [0.717, 1.165) is 0 Å². The maximum absolute atomic E-state index is 12.5. The third-order valence-corrected chi connectivity index (χ3v) is 6.02. The fourth-order valence-electron chi connectivity index (χ4n) is 3.69. The number of carbonyl (C=O) groups is 1. The highest BCUT2D eigenvalue weighted by molar-refractivity contribution is 7.14. The minimum atomic E-state index is -0.822. The van der Waals surface area contributed by atoms with Crippen molar-refractivity contribution in [1.29, 1.82) is 0 Å². The summed E-state index contributed by atoms with van der Waals surface area (Å²) in [5.74, 6) is 0.104. The van der Waals surface area contributed by atoms with Gasteiger partial charge in [0.2, 0.25) is 6.23 Å². The molecule has 12 heteroatoms. The third-order valence-electron chi connectivity index (χ3n) is 5.25. The number of nitro benzene ring substituents is 1. The van der Waals surface area contributed by atoms with Crippen molar-refractivity contribution in [2.75, 3.05) is 19.5 Å². The number of fused-ring (bicyclic) bond motifs is 2. The molecule has 0 saturated heterocycles. The zero-order valence-corrected chi connectivity index (χ0v) is 18.5. The highest BCUT2D eigenvalue weighted by atomic mass is 32.1. The lowest BCUT2D eigenvalue weighted by Gasteiger charge is -2.13. The average molecular weight is 481 g/mol. The third kappa shape index (κ3) is 3.49. The molecule has 1 atom stereocenters. The number of rotatable bonds is 6. The molecule has 2 aromatic heterocycles. The highest BCUT2D eigenvalue weighted by Crippen LogP contribution is 2.42. The molecule has 5 rings (SSSR count). The van der Waals surface area contributed by atoms with Crippen molar-refractivity contribution in [2.24, 2.45) is 0 Å². The second-order valence-corrected chi connectivity index (χ2v) is 8.02. The quantitative estimate of drug-likeness (QED) is 0.185. The zero-order valence-electron chi connectivity index (χ0n) is 17.7. The summed E-state index contributed by atoms with van der Waals surface area (Å²) in [6.07, 6.45) is -0.822. The van der Waals surface area contributed by atoms with Crippen LogP contribution in [0.1, 0.15) is 22.1 Å².